The second-order valence-electron chi connectivity index (χ2n) is 5.44. The number of rotatable bonds is 2. The Kier molecular flexibility index (Phi) is 3.60. The fourth-order valence-electron chi connectivity index (χ4n) is 2.33. The summed E-state index contributed by atoms with van der Waals surface area (Å²) in [4.78, 5) is 21.7. The molecule has 0 saturated heterocycles. The molecule has 0 fully saturated rings. The largest absolute Gasteiger partial charge is 0.485 e. The third-order valence-corrected chi connectivity index (χ3v) is 3.49. The van der Waals surface area contributed by atoms with Gasteiger partial charge in [0.15, 0.2) is 0 Å². The van der Waals surface area contributed by atoms with Crippen LogP contribution in [0.3, 0.4) is 0 Å². The molecule has 2 atom stereocenters. The molecular formula is C13H16N2O6. The number of fused-ring (bicyclic) bond motifs is 1. The van der Waals surface area contributed by atoms with E-state index in [0.29, 0.717) is 5.06 Å². The SMILES string of the molecule is CC(=O)N(O)C1c2cc([N+](=O)[O-])ccc2OC(C)(C)C1O. The zero-order valence-corrected chi connectivity index (χ0v) is 11.8. The highest BCUT2D eigenvalue weighted by Gasteiger charge is 2.46. The molecule has 1 aliphatic rings. The van der Waals surface area contributed by atoms with Crippen LogP contribution in [0.5, 0.6) is 5.75 Å². The molecule has 2 unspecified atom stereocenters. The zero-order valence-electron chi connectivity index (χ0n) is 11.8. The highest BCUT2D eigenvalue weighted by atomic mass is 16.6. The van der Waals surface area contributed by atoms with E-state index in [9.17, 15) is 25.2 Å². The van der Waals surface area contributed by atoms with Crippen molar-refractivity contribution in [1.82, 2.24) is 5.06 Å². The van der Waals surface area contributed by atoms with Crippen molar-refractivity contribution in [3.63, 3.8) is 0 Å². The fraction of sp³-hybridized carbons (Fsp3) is 0.462. The molecule has 0 bridgehead atoms. The van der Waals surface area contributed by atoms with Crippen LogP contribution in [0.2, 0.25) is 0 Å². The van der Waals surface area contributed by atoms with Gasteiger partial charge in [0.05, 0.1) is 4.92 Å². The Morgan fingerprint density at radius 1 is 1.48 bits per heavy atom. The van der Waals surface area contributed by atoms with Gasteiger partial charge in [-0.15, -0.1) is 0 Å². The standard InChI is InChI=1S/C13H16N2O6/c1-7(16)14(18)11-9-6-8(15(19)20)4-5-10(9)21-13(2,3)12(11)17/h4-6,11-12,17-18H,1-3H3. The van der Waals surface area contributed by atoms with Gasteiger partial charge in [0.1, 0.15) is 23.5 Å². The lowest BCUT2D eigenvalue weighted by Gasteiger charge is -2.43. The number of nitro benzene ring substituents is 1. The molecule has 8 heteroatoms. The maximum absolute atomic E-state index is 11.4. The number of hydrogen-bond donors (Lipinski definition) is 2. The predicted molar refractivity (Wildman–Crippen MR) is 70.9 cm³/mol. The summed E-state index contributed by atoms with van der Waals surface area (Å²) in [5.41, 5.74) is -1.09. The molecule has 2 rings (SSSR count). The first-order valence-corrected chi connectivity index (χ1v) is 6.29. The number of amides is 1. The maximum Gasteiger partial charge on any atom is 0.270 e. The number of ether oxygens (including phenoxy) is 1. The number of aliphatic hydroxyl groups excluding tert-OH is 1. The molecule has 0 spiro atoms. The third kappa shape index (κ3) is 2.55. The number of benzene rings is 1. The van der Waals surface area contributed by atoms with Crippen LogP contribution in [-0.4, -0.2) is 37.9 Å². The summed E-state index contributed by atoms with van der Waals surface area (Å²) >= 11 is 0. The Balaban J connectivity index is 2.60. The summed E-state index contributed by atoms with van der Waals surface area (Å²) in [5.74, 6) is -0.407. The lowest BCUT2D eigenvalue weighted by molar-refractivity contribution is -0.385. The number of non-ortho nitro benzene ring substituents is 1. The van der Waals surface area contributed by atoms with Gasteiger partial charge in [0, 0.05) is 24.6 Å². The van der Waals surface area contributed by atoms with Crippen LogP contribution >= 0.6 is 0 Å². The second kappa shape index (κ2) is 4.97. The van der Waals surface area contributed by atoms with E-state index in [2.05, 4.69) is 0 Å². The van der Waals surface area contributed by atoms with Gasteiger partial charge in [-0.05, 0) is 19.9 Å². The second-order valence-corrected chi connectivity index (χ2v) is 5.44. The molecule has 2 N–H and O–H groups in total. The first-order chi connectivity index (χ1) is 9.65. The maximum atomic E-state index is 11.4. The molecule has 1 heterocycles. The first kappa shape index (κ1) is 15.2. The van der Waals surface area contributed by atoms with Crippen LogP contribution in [0, 0.1) is 10.1 Å². The van der Waals surface area contributed by atoms with Crippen molar-refractivity contribution < 1.29 is 24.8 Å². The fourth-order valence-corrected chi connectivity index (χ4v) is 2.33. The van der Waals surface area contributed by atoms with E-state index in [1.807, 2.05) is 0 Å². The third-order valence-electron chi connectivity index (χ3n) is 3.49. The van der Waals surface area contributed by atoms with Crippen molar-refractivity contribution in [1.29, 1.82) is 0 Å². The molecule has 1 aliphatic heterocycles. The summed E-state index contributed by atoms with van der Waals surface area (Å²) in [6.07, 6.45) is -1.25. The topological polar surface area (TPSA) is 113 Å². The van der Waals surface area contributed by atoms with Crippen LogP contribution < -0.4 is 4.74 Å². The minimum absolute atomic E-state index is 0.189. The Bertz CT molecular complexity index is 600. The number of hydroxylamine groups is 2. The Morgan fingerprint density at radius 3 is 2.62 bits per heavy atom. The normalized spacial score (nSPS) is 22.9. The zero-order chi connectivity index (χ0) is 15.9. The molecule has 0 radical (unpaired) electrons. The van der Waals surface area contributed by atoms with Crippen molar-refractivity contribution in [2.75, 3.05) is 0 Å². The van der Waals surface area contributed by atoms with Crippen LogP contribution in [-0.2, 0) is 4.79 Å². The van der Waals surface area contributed by atoms with Gasteiger partial charge in [-0.3, -0.25) is 20.1 Å². The molecule has 21 heavy (non-hydrogen) atoms. The molecule has 114 valence electrons. The van der Waals surface area contributed by atoms with E-state index in [1.54, 1.807) is 13.8 Å². The monoisotopic (exact) mass is 296 g/mol. The van der Waals surface area contributed by atoms with Gasteiger partial charge in [-0.25, -0.2) is 5.06 Å². The van der Waals surface area contributed by atoms with E-state index >= 15 is 0 Å². The van der Waals surface area contributed by atoms with Gasteiger partial charge in [0.2, 0.25) is 5.91 Å². The van der Waals surface area contributed by atoms with Crippen molar-refractivity contribution in [2.45, 2.75) is 38.5 Å². The number of nitrogens with zero attached hydrogens (tertiary/aromatic N) is 2. The highest BCUT2D eigenvalue weighted by Crippen LogP contribution is 2.43. The summed E-state index contributed by atoms with van der Waals surface area (Å²) in [7, 11) is 0. The van der Waals surface area contributed by atoms with Gasteiger partial charge in [0.25, 0.3) is 5.69 Å². The molecule has 1 aromatic rings. The Labute approximate surface area is 120 Å². The van der Waals surface area contributed by atoms with Crippen LogP contribution in [0.4, 0.5) is 5.69 Å². The van der Waals surface area contributed by atoms with Crippen LogP contribution in [0.15, 0.2) is 18.2 Å². The number of hydrogen-bond acceptors (Lipinski definition) is 6. The van der Waals surface area contributed by atoms with Crippen molar-refractivity contribution in [3.05, 3.63) is 33.9 Å². The minimum atomic E-state index is -1.25. The summed E-state index contributed by atoms with van der Waals surface area (Å²) in [5, 5.41) is 31.5. The molecule has 1 aromatic carbocycles. The quantitative estimate of drug-likeness (QED) is 0.484. The van der Waals surface area contributed by atoms with Gasteiger partial charge in [-0.2, -0.15) is 0 Å². The van der Waals surface area contributed by atoms with Gasteiger partial charge < -0.3 is 9.84 Å². The minimum Gasteiger partial charge on any atom is -0.485 e. The molecular weight excluding hydrogens is 280 g/mol. The molecule has 0 aliphatic carbocycles. The van der Waals surface area contributed by atoms with E-state index < -0.39 is 28.6 Å². The summed E-state index contributed by atoms with van der Waals surface area (Å²) < 4.78 is 5.60. The number of carbonyl (C=O) groups is 1. The Morgan fingerprint density at radius 2 is 2.10 bits per heavy atom. The van der Waals surface area contributed by atoms with Crippen molar-refractivity contribution >= 4 is 11.6 Å². The first-order valence-electron chi connectivity index (χ1n) is 6.29. The van der Waals surface area contributed by atoms with Crippen LogP contribution in [0.25, 0.3) is 0 Å². The molecule has 0 saturated carbocycles. The van der Waals surface area contributed by atoms with E-state index in [0.717, 1.165) is 6.92 Å². The molecule has 1 amide bonds. The lowest BCUT2D eigenvalue weighted by Crippen LogP contribution is -2.53. The summed E-state index contributed by atoms with van der Waals surface area (Å²) in [6.45, 7) is 4.33. The Hall–Kier alpha value is -2.19. The molecule has 0 aromatic heterocycles. The van der Waals surface area contributed by atoms with E-state index in [1.165, 1.54) is 18.2 Å². The van der Waals surface area contributed by atoms with Gasteiger partial charge in [-0.1, -0.05) is 0 Å². The van der Waals surface area contributed by atoms with E-state index in [4.69, 9.17) is 4.74 Å². The molecule has 8 nitrogen and oxygen atoms in total. The van der Waals surface area contributed by atoms with Gasteiger partial charge >= 0.3 is 0 Å². The number of nitro groups is 1. The number of carbonyl (C=O) groups excluding carboxylic acids is 1. The van der Waals surface area contributed by atoms with Crippen molar-refractivity contribution in [2.24, 2.45) is 0 Å². The predicted octanol–water partition coefficient (Wildman–Crippen LogP) is 1.41. The average molecular weight is 296 g/mol. The highest BCUT2D eigenvalue weighted by molar-refractivity contribution is 5.73. The lowest BCUT2D eigenvalue weighted by atomic mass is 9.86. The number of aliphatic hydroxyl groups is 1. The summed E-state index contributed by atoms with van der Waals surface area (Å²) in [6, 6.07) is 2.70. The van der Waals surface area contributed by atoms with E-state index in [-0.39, 0.29) is 17.0 Å². The van der Waals surface area contributed by atoms with Crippen molar-refractivity contribution in [3.8, 4) is 5.75 Å². The van der Waals surface area contributed by atoms with Crippen LogP contribution in [0.1, 0.15) is 32.4 Å². The average Bonchev–Trinajstić information content (AvgIpc) is 2.38. The smallest absolute Gasteiger partial charge is 0.270 e.